The molecule has 0 aliphatic carbocycles. The van der Waals surface area contributed by atoms with E-state index in [9.17, 15) is 40.6 Å². The maximum Gasteiger partial charge on any atom is 0.420 e. The minimum absolute atomic E-state index is 0.122. The monoisotopic (exact) mass is 534 g/mol. The van der Waals surface area contributed by atoms with Gasteiger partial charge in [-0.15, -0.1) is 0 Å². The molecule has 1 atom stereocenters. The number of alkyl halides is 6. The Hall–Kier alpha value is -3.81. The largest absolute Gasteiger partial charge is 0.445 e. The van der Waals surface area contributed by atoms with Crippen molar-refractivity contribution in [3.8, 4) is 16.9 Å². The summed E-state index contributed by atoms with van der Waals surface area (Å²) in [6, 6.07) is 4.81. The lowest BCUT2D eigenvalue weighted by Gasteiger charge is -2.28. The summed E-state index contributed by atoms with van der Waals surface area (Å²) in [7, 11) is 4.14. The molecule has 1 heterocycles. The number of carbonyl (C=O) groups is 1. The van der Waals surface area contributed by atoms with Crippen LogP contribution in [-0.4, -0.2) is 53.3 Å². The number of aliphatic hydroxyl groups excluding tert-OH is 1. The molecule has 1 aromatic heterocycles. The van der Waals surface area contributed by atoms with Crippen LogP contribution in [0.15, 0.2) is 48.8 Å². The summed E-state index contributed by atoms with van der Waals surface area (Å²) in [6.07, 6.45) is -10.5. The molecule has 0 bridgehead atoms. The van der Waals surface area contributed by atoms with Gasteiger partial charge in [0.25, 0.3) is 6.41 Å². The summed E-state index contributed by atoms with van der Waals surface area (Å²) >= 11 is 0. The number of nitrogens with zero attached hydrogens (tertiary/aromatic N) is 4. The van der Waals surface area contributed by atoms with Crippen molar-refractivity contribution in [2.75, 3.05) is 26.0 Å². The highest BCUT2D eigenvalue weighted by Crippen LogP contribution is 2.46. The second kappa shape index (κ2) is 10.3. The topological polar surface area (TPSA) is 70.8 Å². The van der Waals surface area contributed by atoms with Crippen LogP contribution in [-0.2, 0) is 23.7 Å². The van der Waals surface area contributed by atoms with E-state index in [0.29, 0.717) is 6.07 Å². The number of likely N-dealkylation sites (N-methyl/N-ethyl adjacent to an activating group) is 1. The van der Waals surface area contributed by atoms with Gasteiger partial charge in [-0.05, 0) is 36.4 Å². The lowest BCUT2D eigenvalue weighted by molar-refractivity contribution is -0.145. The Labute approximate surface area is 206 Å². The van der Waals surface area contributed by atoms with Crippen LogP contribution in [0.1, 0.15) is 11.1 Å². The van der Waals surface area contributed by atoms with Gasteiger partial charge in [0.15, 0.2) is 0 Å². The van der Waals surface area contributed by atoms with Gasteiger partial charge in [0, 0.05) is 44.2 Å². The molecule has 7 nitrogen and oxygen atoms in total. The van der Waals surface area contributed by atoms with Crippen molar-refractivity contribution in [1.29, 1.82) is 0 Å². The first-order chi connectivity index (χ1) is 17.1. The quantitative estimate of drug-likeness (QED) is 0.354. The van der Waals surface area contributed by atoms with E-state index in [2.05, 4.69) is 5.10 Å². The Morgan fingerprint density at radius 1 is 1.05 bits per heavy atom. The van der Waals surface area contributed by atoms with Gasteiger partial charge in [-0.3, -0.25) is 9.48 Å². The van der Waals surface area contributed by atoms with Crippen molar-refractivity contribution in [3.05, 3.63) is 65.7 Å². The third-order valence-corrected chi connectivity index (χ3v) is 5.25. The van der Waals surface area contributed by atoms with Crippen molar-refractivity contribution in [1.82, 2.24) is 14.7 Å². The number of aromatic nitrogens is 2. The number of halogens is 7. The molecule has 1 N–H and O–H groups in total. The van der Waals surface area contributed by atoms with Crippen LogP contribution in [0.2, 0.25) is 0 Å². The van der Waals surface area contributed by atoms with Crippen LogP contribution in [0.25, 0.3) is 11.1 Å². The van der Waals surface area contributed by atoms with Crippen LogP contribution >= 0.6 is 0 Å². The van der Waals surface area contributed by atoms with Crippen molar-refractivity contribution in [3.63, 3.8) is 0 Å². The van der Waals surface area contributed by atoms with E-state index in [4.69, 9.17) is 4.74 Å². The van der Waals surface area contributed by atoms with Crippen molar-refractivity contribution >= 4 is 11.6 Å². The maximum atomic E-state index is 13.9. The number of hydrogen-bond donors (Lipinski definition) is 1. The summed E-state index contributed by atoms with van der Waals surface area (Å²) in [5.74, 6) is -2.13. The van der Waals surface area contributed by atoms with Gasteiger partial charge in [-0.1, -0.05) is 0 Å². The molecule has 3 aromatic rings. The van der Waals surface area contributed by atoms with E-state index in [1.807, 2.05) is 0 Å². The van der Waals surface area contributed by atoms with Crippen LogP contribution in [0, 0.1) is 5.82 Å². The number of anilines is 1. The molecule has 0 radical (unpaired) electrons. The zero-order chi connectivity index (χ0) is 27.7. The zero-order valence-electron chi connectivity index (χ0n) is 19.6. The maximum absolute atomic E-state index is 13.9. The predicted molar refractivity (Wildman–Crippen MR) is 118 cm³/mol. The fraction of sp³-hybridized carbons (Fsp3) is 0.304. The number of aliphatic hydroxyl groups is 1. The average Bonchev–Trinajstić information content (AvgIpc) is 3.25. The third kappa shape index (κ3) is 6.50. The number of carbonyl (C=O) groups excluding carboxylic acids is 1. The molecular weight excluding hydrogens is 513 g/mol. The SMILES string of the molecule is CN(C)C(=O)Cn1cc(-c2cc(C(F)(F)F)cc(C(F)(F)F)c2OC(O)N(C)c2ccc(F)cc2)cn1. The molecule has 1 unspecified atom stereocenters. The standard InChI is InChI=1S/C23H21F7N4O3/c1-32(2)19(35)12-34-11-13(10-31-34)17-8-14(22(25,26)27)9-18(23(28,29)30)20(17)37-21(36)33(3)16-6-4-15(24)5-7-16/h4-11,21,36H,12H2,1-3H3. The van der Waals surface area contributed by atoms with Crippen LogP contribution in [0.3, 0.4) is 0 Å². The third-order valence-electron chi connectivity index (χ3n) is 5.25. The molecule has 0 saturated heterocycles. The molecule has 37 heavy (non-hydrogen) atoms. The van der Waals surface area contributed by atoms with E-state index in [0.717, 1.165) is 34.1 Å². The van der Waals surface area contributed by atoms with Gasteiger partial charge in [0.05, 0.1) is 17.3 Å². The summed E-state index contributed by atoms with van der Waals surface area (Å²) < 4.78 is 102. The Morgan fingerprint density at radius 3 is 2.22 bits per heavy atom. The summed E-state index contributed by atoms with van der Waals surface area (Å²) in [4.78, 5) is 14.1. The van der Waals surface area contributed by atoms with Gasteiger partial charge >= 0.3 is 12.4 Å². The minimum atomic E-state index is -5.31. The lowest BCUT2D eigenvalue weighted by Crippen LogP contribution is -2.37. The minimum Gasteiger partial charge on any atom is -0.445 e. The van der Waals surface area contributed by atoms with Gasteiger partial charge < -0.3 is 19.6 Å². The number of hydrogen-bond acceptors (Lipinski definition) is 5. The molecule has 200 valence electrons. The molecule has 0 aliphatic rings. The Bertz CT molecular complexity index is 1250. The molecule has 0 aliphatic heterocycles. The second-order valence-corrected chi connectivity index (χ2v) is 8.14. The van der Waals surface area contributed by atoms with Crippen molar-refractivity contribution in [2.45, 2.75) is 25.3 Å². The molecule has 0 fully saturated rings. The number of benzene rings is 2. The highest BCUT2D eigenvalue weighted by Gasteiger charge is 2.41. The summed E-state index contributed by atoms with van der Waals surface area (Å²) in [5.41, 5.74) is -4.15. The number of rotatable bonds is 7. The Balaban J connectivity index is 2.13. The number of ether oxygens (including phenoxy) is 1. The summed E-state index contributed by atoms with van der Waals surface area (Å²) in [6.45, 7) is -0.329. The first-order valence-corrected chi connectivity index (χ1v) is 10.5. The molecule has 1 amide bonds. The Kier molecular flexibility index (Phi) is 7.72. The fourth-order valence-electron chi connectivity index (χ4n) is 3.20. The average molecular weight is 534 g/mol. The van der Waals surface area contributed by atoms with Gasteiger partial charge in [0.1, 0.15) is 18.1 Å². The van der Waals surface area contributed by atoms with Crippen molar-refractivity contribution < 1.29 is 45.4 Å². The second-order valence-electron chi connectivity index (χ2n) is 8.14. The summed E-state index contributed by atoms with van der Waals surface area (Å²) in [5, 5.41) is 14.4. The molecule has 0 spiro atoms. The van der Waals surface area contributed by atoms with E-state index < -0.39 is 52.9 Å². The zero-order valence-corrected chi connectivity index (χ0v) is 19.6. The highest BCUT2D eigenvalue weighted by molar-refractivity contribution is 5.76. The van der Waals surface area contributed by atoms with E-state index >= 15 is 0 Å². The molecule has 0 saturated carbocycles. The highest BCUT2D eigenvalue weighted by atomic mass is 19.4. The first kappa shape index (κ1) is 27.8. The van der Waals surface area contributed by atoms with Crippen LogP contribution in [0.5, 0.6) is 5.75 Å². The fourth-order valence-corrected chi connectivity index (χ4v) is 3.20. The molecule has 2 aromatic carbocycles. The van der Waals surface area contributed by atoms with Gasteiger partial charge in [-0.2, -0.15) is 31.4 Å². The first-order valence-electron chi connectivity index (χ1n) is 10.5. The van der Waals surface area contributed by atoms with Crippen LogP contribution in [0.4, 0.5) is 36.4 Å². The molecular formula is C23H21F7N4O3. The van der Waals surface area contributed by atoms with Gasteiger partial charge in [-0.25, -0.2) is 4.39 Å². The van der Waals surface area contributed by atoms with Crippen molar-refractivity contribution in [2.24, 2.45) is 0 Å². The molecule has 3 rings (SSSR count). The van der Waals surface area contributed by atoms with E-state index in [-0.39, 0.29) is 23.9 Å². The normalized spacial score (nSPS) is 12.8. The van der Waals surface area contributed by atoms with E-state index in [1.165, 1.54) is 38.2 Å². The Morgan fingerprint density at radius 2 is 1.68 bits per heavy atom. The van der Waals surface area contributed by atoms with Gasteiger partial charge in [0.2, 0.25) is 5.91 Å². The van der Waals surface area contributed by atoms with Crippen LogP contribution < -0.4 is 9.64 Å². The lowest BCUT2D eigenvalue weighted by atomic mass is 9.99. The predicted octanol–water partition coefficient (Wildman–Crippen LogP) is 4.61. The van der Waals surface area contributed by atoms with E-state index in [1.54, 1.807) is 0 Å². The number of amides is 1. The smallest absolute Gasteiger partial charge is 0.420 e. The molecule has 14 heteroatoms.